The van der Waals surface area contributed by atoms with Crippen LogP contribution in [0, 0.1) is 0 Å². The molecule has 0 fully saturated rings. The number of oxazole rings is 1. The lowest BCUT2D eigenvalue weighted by molar-refractivity contribution is -0.128. The largest absolute Gasteiger partial charge is 0.478 e. The molecule has 0 aliphatic carbocycles. The van der Waals surface area contributed by atoms with Crippen LogP contribution >= 0.6 is 15.9 Å². The minimum atomic E-state index is -1.05. The van der Waals surface area contributed by atoms with Crippen molar-refractivity contribution < 1.29 is 13.9 Å². The maximum absolute atomic E-state index is 12.8. The summed E-state index contributed by atoms with van der Waals surface area (Å²) in [6.07, 6.45) is 0. The molecule has 1 N–H and O–H groups in total. The molecule has 0 bridgehead atoms. The van der Waals surface area contributed by atoms with E-state index in [-0.39, 0.29) is 5.91 Å². The Morgan fingerprint density at radius 3 is 2.42 bits per heavy atom. The van der Waals surface area contributed by atoms with Crippen molar-refractivity contribution >= 4 is 49.4 Å². The Morgan fingerprint density at radius 1 is 0.939 bits per heavy atom. The molecule has 1 aromatic heterocycles. The van der Waals surface area contributed by atoms with Gasteiger partial charge in [0.05, 0.1) is 0 Å². The number of fused-ring (bicyclic) bond motifs is 3. The first-order chi connectivity index (χ1) is 15.9. The minimum absolute atomic E-state index is 0.244. The van der Waals surface area contributed by atoms with Gasteiger partial charge in [-0.3, -0.25) is 4.79 Å². The number of hydrogen-bond donors (Lipinski definition) is 1. The maximum atomic E-state index is 12.8. The van der Waals surface area contributed by atoms with Crippen LogP contribution in [0.4, 0.5) is 5.69 Å². The highest BCUT2D eigenvalue weighted by atomic mass is 79.9. The van der Waals surface area contributed by atoms with E-state index in [1.807, 2.05) is 78.9 Å². The fraction of sp³-hybridized carbons (Fsp3) is 0.111. The molecule has 33 heavy (non-hydrogen) atoms. The molecule has 1 heterocycles. The number of benzene rings is 4. The minimum Gasteiger partial charge on any atom is -0.478 e. The van der Waals surface area contributed by atoms with Gasteiger partial charge in [-0.25, -0.2) is 4.98 Å². The van der Waals surface area contributed by atoms with Gasteiger partial charge in [-0.15, -0.1) is 0 Å². The van der Waals surface area contributed by atoms with Crippen molar-refractivity contribution in [2.24, 2.45) is 0 Å². The van der Waals surface area contributed by atoms with E-state index in [1.165, 1.54) is 0 Å². The third-order valence-electron chi connectivity index (χ3n) is 5.41. The molecule has 6 heteroatoms. The molecule has 0 atom stereocenters. The number of carbonyl (C=O) groups is 1. The molecule has 5 aromatic rings. The molecular weight excluding hydrogens is 480 g/mol. The summed E-state index contributed by atoms with van der Waals surface area (Å²) in [6, 6.07) is 26.9. The van der Waals surface area contributed by atoms with Gasteiger partial charge < -0.3 is 14.5 Å². The summed E-state index contributed by atoms with van der Waals surface area (Å²) < 4.78 is 12.8. The predicted octanol–water partition coefficient (Wildman–Crippen LogP) is 7.21. The van der Waals surface area contributed by atoms with Gasteiger partial charge in [-0.05, 0) is 73.8 Å². The third kappa shape index (κ3) is 4.34. The number of halogens is 1. The zero-order valence-corrected chi connectivity index (χ0v) is 19.7. The van der Waals surface area contributed by atoms with E-state index in [4.69, 9.17) is 14.1 Å². The maximum Gasteiger partial charge on any atom is 0.267 e. The lowest BCUT2D eigenvalue weighted by Gasteiger charge is -2.25. The summed E-state index contributed by atoms with van der Waals surface area (Å²) in [5, 5.41) is 5.10. The van der Waals surface area contributed by atoms with E-state index < -0.39 is 5.60 Å². The second-order valence-corrected chi connectivity index (χ2v) is 9.17. The van der Waals surface area contributed by atoms with E-state index in [0.717, 1.165) is 31.9 Å². The molecular formula is C27H21BrN2O3. The van der Waals surface area contributed by atoms with Gasteiger partial charge in [0.25, 0.3) is 5.91 Å². The Balaban J connectivity index is 1.33. The number of ether oxygens (including phenoxy) is 1. The molecule has 5 rings (SSSR count). The molecule has 0 spiro atoms. The molecule has 0 unspecified atom stereocenters. The SMILES string of the molecule is CC(C)(Oc1ccc(Br)cc1)C(=O)Nc1ccc(-c2nc3c(ccc4ccccc43)o2)cc1. The molecule has 5 nitrogen and oxygen atoms in total. The van der Waals surface area contributed by atoms with Crippen molar-refractivity contribution in [3.63, 3.8) is 0 Å². The molecule has 0 aliphatic rings. The normalized spacial score (nSPS) is 11.6. The molecule has 0 aliphatic heterocycles. The van der Waals surface area contributed by atoms with Crippen LogP contribution in [0.2, 0.25) is 0 Å². The molecule has 1 amide bonds. The zero-order valence-electron chi connectivity index (χ0n) is 18.1. The predicted molar refractivity (Wildman–Crippen MR) is 134 cm³/mol. The fourth-order valence-electron chi connectivity index (χ4n) is 3.61. The number of rotatable bonds is 5. The smallest absolute Gasteiger partial charge is 0.267 e. The average molecular weight is 501 g/mol. The molecule has 0 saturated heterocycles. The summed E-state index contributed by atoms with van der Waals surface area (Å²) >= 11 is 3.40. The fourth-order valence-corrected chi connectivity index (χ4v) is 3.87. The summed E-state index contributed by atoms with van der Waals surface area (Å²) in [4.78, 5) is 17.5. The van der Waals surface area contributed by atoms with E-state index in [2.05, 4.69) is 27.3 Å². The third-order valence-corrected chi connectivity index (χ3v) is 5.94. The Morgan fingerprint density at radius 2 is 1.67 bits per heavy atom. The number of carbonyl (C=O) groups excluding carboxylic acids is 1. The van der Waals surface area contributed by atoms with E-state index >= 15 is 0 Å². The molecule has 4 aromatic carbocycles. The number of amides is 1. The van der Waals surface area contributed by atoms with Gasteiger partial charge >= 0.3 is 0 Å². The van der Waals surface area contributed by atoms with Crippen LogP contribution in [0.3, 0.4) is 0 Å². The Labute approximate surface area is 199 Å². The van der Waals surface area contributed by atoms with Crippen molar-refractivity contribution in [1.29, 1.82) is 0 Å². The van der Waals surface area contributed by atoms with Crippen LogP contribution in [0.1, 0.15) is 13.8 Å². The van der Waals surface area contributed by atoms with Crippen LogP contribution in [0.25, 0.3) is 33.3 Å². The highest BCUT2D eigenvalue weighted by Gasteiger charge is 2.30. The van der Waals surface area contributed by atoms with Crippen molar-refractivity contribution in [3.05, 3.63) is 89.4 Å². The molecule has 0 saturated carbocycles. The number of hydrogen-bond acceptors (Lipinski definition) is 4. The first-order valence-electron chi connectivity index (χ1n) is 10.5. The monoisotopic (exact) mass is 500 g/mol. The standard InChI is InChI=1S/C27H21BrN2O3/c1-27(2,33-21-14-10-19(28)11-15-21)26(31)29-20-12-7-18(8-13-20)25-30-24-22-6-4-3-5-17(22)9-16-23(24)32-25/h3-16H,1-2H3,(H,29,31). The first kappa shape index (κ1) is 21.2. The lowest BCUT2D eigenvalue weighted by atomic mass is 10.1. The topological polar surface area (TPSA) is 64.4 Å². The van der Waals surface area contributed by atoms with Crippen LogP contribution in [-0.4, -0.2) is 16.5 Å². The number of anilines is 1. The second-order valence-electron chi connectivity index (χ2n) is 8.25. The second kappa shape index (κ2) is 8.37. The Kier molecular flexibility index (Phi) is 5.38. The Hall–Kier alpha value is -3.64. The van der Waals surface area contributed by atoms with Crippen LogP contribution in [-0.2, 0) is 4.79 Å². The number of nitrogens with zero attached hydrogens (tertiary/aromatic N) is 1. The van der Waals surface area contributed by atoms with Crippen LogP contribution < -0.4 is 10.1 Å². The molecule has 0 radical (unpaired) electrons. The van der Waals surface area contributed by atoms with Crippen molar-refractivity contribution in [3.8, 4) is 17.2 Å². The van der Waals surface area contributed by atoms with Gasteiger partial charge in [0.2, 0.25) is 5.89 Å². The van der Waals surface area contributed by atoms with Gasteiger partial charge in [0.15, 0.2) is 11.2 Å². The van der Waals surface area contributed by atoms with E-state index in [1.54, 1.807) is 13.8 Å². The van der Waals surface area contributed by atoms with Crippen LogP contribution in [0.5, 0.6) is 5.75 Å². The number of aromatic nitrogens is 1. The summed E-state index contributed by atoms with van der Waals surface area (Å²) in [7, 11) is 0. The zero-order chi connectivity index (χ0) is 23.0. The van der Waals surface area contributed by atoms with Gasteiger partial charge in [0, 0.05) is 21.1 Å². The Bertz CT molecular complexity index is 1460. The first-order valence-corrected chi connectivity index (χ1v) is 11.3. The highest BCUT2D eigenvalue weighted by Crippen LogP contribution is 2.30. The highest BCUT2D eigenvalue weighted by molar-refractivity contribution is 9.10. The summed E-state index contributed by atoms with van der Waals surface area (Å²) in [5.41, 5.74) is 2.03. The van der Waals surface area contributed by atoms with Crippen molar-refractivity contribution in [2.45, 2.75) is 19.4 Å². The quantitative estimate of drug-likeness (QED) is 0.277. The van der Waals surface area contributed by atoms with Crippen molar-refractivity contribution in [1.82, 2.24) is 4.98 Å². The average Bonchev–Trinajstić information content (AvgIpc) is 3.26. The summed E-state index contributed by atoms with van der Waals surface area (Å²) in [5.74, 6) is 0.918. The number of nitrogens with one attached hydrogen (secondary N) is 1. The van der Waals surface area contributed by atoms with E-state index in [0.29, 0.717) is 17.3 Å². The molecule has 164 valence electrons. The van der Waals surface area contributed by atoms with Gasteiger partial charge in [0.1, 0.15) is 11.3 Å². The van der Waals surface area contributed by atoms with Gasteiger partial charge in [-0.2, -0.15) is 0 Å². The van der Waals surface area contributed by atoms with Crippen molar-refractivity contribution in [2.75, 3.05) is 5.32 Å². The lowest BCUT2D eigenvalue weighted by Crippen LogP contribution is -2.42. The van der Waals surface area contributed by atoms with Crippen LogP contribution in [0.15, 0.2) is 93.8 Å². The van der Waals surface area contributed by atoms with E-state index in [9.17, 15) is 4.79 Å². The van der Waals surface area contributed by atoms with Gasteiger partial charge in [-0.1, -0.05) is 46.3 Å². The summed E-state index contributed by atoms with van der Waals surface area (Å²) in [6.45, 7) is 3.47.